The van der Waals surface area contributed by atoms with Gasteiger partial charge in [-0.2, -0.15) is 0 Å². The smallest absolute Gasteiger partial charge is 0.305 e. The molecule has 0 aromatic carbocycles. The minimum Gasteiger partial charge on any atom is -0.469 e. The van der Waals surface area contributed by atoms with E-state index in [1.54, 1.807) is 0 Å². The molecule has 0 fully saturated rings. The zero-order chi connectivity index (χ0) is 13.1. The SMILES string of the molecule is COC(=O)CCCC(=O)NCCCCC(C)C. The van der Waals surface area contributed by atoms with Gasteiger partial charge in [-0.05, 0) is 18.8 Å². The van der Waals surface area contributed by atoms with Crippen LogP contribution in [-0.2, 0) is 14.3 Å². The van der Waals surface area contributed by atoms with Crippen LogP contribution in [0, 0.1) is 5.92 Å². The standard InChI is InChI=1S/C13H25NO3/c1-11(2)7-4-5-10-14-12(15)8-6-9-13(16)17-3/h11H,4-10H2,1-3H3,(H,14,15). The molecule has 0 aliphatic carbocycles. The summed E-state index contributed by atoms with van der Waals surface area (Å²) in [6.45, 7) is 5.14. The lowest BCUT2D eigenvalue weighted by atomic mass is 10.1. The molecular weight excluding hydrogens is 218 g/mol. The molecule has 17 heavy (non-hydrogen) atoms. The van der Waals surface area contributed by atoms with Gasteiger partial charge in [0.2, 0.25) is 5.91 Å². The van der Waals surface area contributed by atoms with Gasteiger partial charge in [0.05, 0.1) is 7.11 Å². The number of carbonyl (C=O) groups is 2. The number of nitrogens with one attached hydrogen (secondary N) is 1. The number of hydrogen-bond acceptors (Lipinski definition) is 3. The summed E-state index contributed by atoms with van der Waals surface area (Å²) < 4.78 is 4.50. The molecule has 0 unspecified atom stereocenters. The molecule has 0 atom stereocenters. The third kappa shape index (κ3) is 11.2. The van der Waals surface area contributed by atoms with E-state index in [9.17, 15) is 9.59 Å². The first-order valence-corrected chi connectivity index (χ1v) is 6.39. The second-order valence-corrected chi connectivity index (χ2v) is 4.67. The molecule has 0 rings (SSSR count). The van der Waals surface area contributed by atoms with Crippen molar-refractivity contribution >= 4 is 11.9 Å². The van der Waals surface area contributed by atoms with Gasteiger partial charge in [0.15, 0.2) is 0 Å². The van der Waals surface area contributed by atoms with Crippen LogP contribution in [0.1, 0.15) is 52.4 Å². The molecule has 0 aromatic rings. The van der Waals surface area contributed by atoms with Crippen molar-refractivity contribution in [1.29, 1.82) is 0 Å². The zero-order valence-electron chi connectivity index (χ0n) is 11.3. The van der Waals surface area contributed by atoms with E-state index >= 15 is 0 Å². The third-order valence-corrected chi connectivity index (χ3v) is 2.54. The summed E-state index contributed by atoms with van der Waals surface area (Å²) in [7, 11) is 1.36. The van der Waals surface area contributed by atoms with Crippen molar-refractivity contribution in [2.75, 3.05) is 13.7 Å². The van der Waals surface area contributed by atoms with Crippen molar-refractivity contribution in [3.63, 3.8) is 0 Å². The van der Waals surface area contributed by atoms with E-state index in [2.05, 4.69) is 23.9 Å². The Morgan fingerprint density at radius 1 is 1.12 bits per heavy atom. The van der Waals surface area contributed by atoms with Crippen LogP contribution in [0.5, 0.6) is 0 Å². The van der Waals surface area contributed by atoms with Crippen LogP contribution >= 0.6 is 0 Å². The predicted molar refractivity (Wildman–Crippen MR) is 67.6 cm³/mol. The van der Waals surface area contributed by atoms with E-state index < -0.39 is 0 Å². The fourth-order valence-corrected chi connectivity index (χ4v) is 1.49. The van der Waals surface area contributed by atoms with Crippen LogP contribution in [0.15, 0.2) is 0 Å². The largest absolute Gasteiger partial charge is 0.469 e. The van der Waals surface area contributed by atoms with Crippen molar-refractivity contribution < 1.29 is 14.3 Å². The molecule has 0 saturated heterocycles. The van der Waals surface area contributed by atoms with Gasteiger partial charge in [0.1, 0.15) is 0 Å². The number of amides is 1. The number of esters is 1. The van der Waals surface area contributed by atoms with E-state index in [1.807, 2.05) is 0 Å². The van der Waals surface area contributed by atoms with E-state index in [4.69, 9.17) is 0 Å². The molecule has 1 amide bonds. The highest BCUT2D eigenvalue weighted by Crippen LogP contribution is 2.05. The Balaban J connectivity index is 3.32. The summed E-state index contributed by atoms with van der Waals surface area (Å²) in [5.74, 6) is 0.499. The molecule has 100 valence electrons. The molecule has 0 heterocycles. The topological polar surface area (TPSA) is 55.4 Å². The highest BCUT2D eigenvalue weighted by atomic mass is 16.5. The molecule has 0 spiro atoms. The number of ether oxygens (including phenoxy) is 1. The fraction of sp³-hybridized carbons (Fsp3) is 0.846. The highest BCUT2D eigenvalue weighted by molar-refractivity contribution is 5.76. The van der Waals surface area contributed by atoms with Gasteiger partial charge in [-0.15, -0.1) is 0 Å². The molecule has 0 saturated carbocycles. The fourth-order valence-electron chi connectivity index (χ4n) is 1.49. The Bertz CT molecular complexity index is 227. The predicted octanol–water partition coefficient (Wildman–Crippen LogP) is 2.27. The minimum atomic E-state index is -0.255. The lowest BCUT2D eigenvalue weighted by Crippen LogP contribution is -2.24. The van der Waals surface area contributed by atoms with Crippen LogP contribution in [0.25, 0.3) is 0 Å². The first-order valence-electron chi connectivity index (χ1n) is 6.39. The summed E-state index contributed by atoms with van der Waals surface area (Å²) in [5.41, 5.74) is 0. The molecule has 0 aliphatic heterocycles. The van der Waals surface area contributed by atoms with E-state index in [0.29, 0.717) is 19.3 Å². The molecule has 0 bridgehead atoms. The second-order valence-electron chi connectivity index (χ2n) is 4.67. The molecule has 4 heteroatoms. The minimum absolute atomic E-state index is 0.0263. The van der Waals surface area contributed by atoms with Crippen molar-refractivity contribution in [3.8, 4) is 0 Å². The second kappa shape index (κ2) is 10.1. The summed E-state index contributed by atoms with van der Waals surface area (Å²) in [6, 6.07) is 0. The number of methoxy groups -OCH3 is 1. The summed E-state index contributed by atoms with van der Waals surface area (Å²) in [5, 5.41) is 2.86. The average molecular weight is 243 g/mol. The molecule has 0 radical (unpaired) electrons. The van der Waals surface area contributed by atoms with Gasteiger partial charge in [-0.25, -0.2) is 0 Å². The van der Waals surface area contributed by atoms with Crippen LogP contribution in [-0.4, -0.2) is 25.5 Å². The van der Waals surface area contributed by atoms with Gasteiger partial charge in [-0.1, -0.05) is 26.7 Å². The van der Waals surface area contributed by atoms with Gasteiger partial charge < -0.3 is 10.1 Å². The lowest BCUT2D eigenvalue weighted by Gasteiger charge is -2.06. The average Bonchev–Trinajstić information content (AvgIpc) is 2.27. The van der Waals surface area contributed by atoms with Gasteiger partial charge in [0, 0.05) is 19.4 Å². The van der Waals surface area contributed by atoms with Gasteiger partial charge >= 0.3 is 5.97 Å². The van der Waals surface area contributed by atoms with Crippen LogP contribution in [0.2, 0.25) is 0 Å². The first-order chi connectivity index (χ1) is 8.06. The number of hydrogen-bond donors (Lipinski definition) is 1. The number of carbonyl (C=O) groups excluding carboxylic acids is 2. The Morgan fingerprint density at radius 3 is 2.41 bits per heavy atom. The normalized spacial score (nSPS) is 10.4. The monoisotopic (exact) mass is 243 g/mol. The van der Waals surface area contributed by atoms with Crippen LogP contribution < -0.4 is 5.32 Å². The van der Waals surface area contributed by atoms with Crippen LogP contribution in [0.4, 0.5) is 0 Å². The zero-order valence-corrected chi connectivity index (χ0v) is 11.3. The Hall–Kier alpha value is -1.06. The molecule has 0 aliphatic rings. The maximum Gasteiger partial charge on any atom is 0.305 e. The number of unbranched alkanes of at least 4 members (excludes halogenated alkanes) is 1. The highest BCUT2D eigenvalue weighted by Gasteiger charge is 2.04. The Labute approximate surface area is 104 Å². The Morgan fingerprint density at radius 2 is 1.82 bits per heavy atom. The molecule has 4 nitrogen and oxygen atoms in total. The van der Waals surface area contributed by atoms with E-state index in [0.717, 1.165) is 25.3 Å². The van der Waals surface area contributed by atoms with Crippen molar-refractivity contribution in [1.82, 2.24) is 5.32 Å². The van der Waals surface area contributed by atoms with Crippen molar-refractivity contribution in [2.45, 2.75) is 52.4 Å². The third-order valence-electron chi connectivity index (χ3n) is 2.54. The number of rotatable bonds is 9. The van der Waals surface area contributed by atoms with Crippen molar-refractivity contribution in [2.24, 2.45) is 5.92 Å². The Kier molecular flexibility index (Phi) is 9.49. The van der Waals surface area contributed by atoms with Gasteiger partial charge in [-0.3, -0.25) is 9.59 Å². The summed E-state index contributed by atoms with van der Waals surface area (Å²) in [4.78, 5) is 22.1. The van der Waals surface area contributed by atoms with E-state index in [-0.39, 0.29) is 11.9 Å². The maximum atomic E-state index is 11.3. The molecular formula is C13H25NO3. The summed E-state index contributed by atoms with van der Waals surface area (Å²) >= 11 is 0. The van der Waals surface area contributed by atoms with Crippen molar-refractivity contribution in [3.05, 3.63) is 0 Å². The lowest BCUT2D eigenvalue weighted by molar-refractivity contribution is -0.140. The summed E-state index contributed by atoms with van der Waals surface area (Å²) in [6.07, 6.45) is 4.67. The van der Waals surface area contributed by atoms with Crippen LogP contribution in [0.3, 0.4) is 0 Å². The maximum absolute atomic E-state index is 11.3. The van der Waals surface area contributed by atoms with E-state index in [1.165, 1.54) is 13.5 Å². The molecule has 1 N–H and O–H groups in total. The first kappa shape index (κ1) is 15.9. The van der Waals surface area contributed by atoms with Gasteiger partial charge in [0.25, 0.3) is 0 Å². The molecule has 0 aromatic heterocycles. The quantitative estimate of drug-likeness (QED) is 0.499.